The lowest BCUT2D eigenvalue weighted by Gasteiger charge is -2.08. The molecule has 0 atom stereocenters. The van der Waals surface area contributed by atoms with Crippen molar-refractivity contribution >= 4 is 27.5 Å². The molecule has 0 saturated heterocycles. The highest BCUT2D eigenvalue weighted by Crippen LogP contribution is 2.18. The van der Waals surface area contributed by atoms with E-state index in [1.807, 2.05) is 42.5 Å². The number of nitrogens with one attached hydrogen (secondary N) is 1. The number of anilines is 1. The Balaban J connectivity index is 1.98. The van der Waals surface area contributed by atoms with E-state index in [2.05, 4.69) is 32.0 Å². The summed E-state index contributed by atoms with van der Waals surface area (Å²) in [5, 5.41) is 2.66. The molecule has 20 heavy (non-hydrogen) atoms. The van der Waals surface area contributed by atoms with Crippen molar-refractivity contribution in [3.05, 3.63) is 60.2 Å². The fourth-order valence-electron chi connectivity index (χ4n) is 1.61. The number of hydrogen-bond donors (Lipinski definition) is 1. The van der Waals surface area contributed by atoms with Crippen LogP contribution in [0.25, 0.3) is 0 Å². The Labute approximate surface area is 126 Å². The predicted molar refractivity (Wildman–Crippen MR) is 82.5 cm³/mol. The van der Waals surface area contributed by atoms with Gasteiger partial charge in [-0.1, -0.05) is 36.4 Å². The van der Waals surface area contributed by atoms with Crippen molar-refractivity contribution in [1.82, 2.24) is 0 Å². The molecule has 0 aromatic heterocycles. The Bertz CT molecular complexity index is 644. The van der Waals surface area contributed by atoms with Gasteiger partial charge in [0.1, 0.15) is 12.4 Å². The van der Waals surface area contributed by atoms with Gasteiger partial charge in [0.15, 0.2) is 0 Å². The van der Waals surface area contributed by atoms with Gasteiger partial charge in [-0.2, -0.15) is 0 Å². The molecular formula is C16H12BrNO2. The quantitative estimate of drug-likeness (QED) is 0.871. The lowest BCUT2D eigenvalue weighted by molar-refractivity contribution is -0.111. The summed E-state index contributed by atoms with van der Waals surface area (Å²) >= 11 is 2.88. The Morgan fingerprint density at radius 3 is 2.70 bits per heavy atom. The second kappa shape index (κ2) is 7.37. The van der Waals surface area contributed by atoms with Gasteiger partial charge in [-0.3, -0.25) is 4.79 Å². The number of benzene rings is 2. The largest absolute Gasteiger partial charge is 0.489 e. The van der Waals surface area contributed by atoms with Gasteiger partial charge in [-0.05, 0) is 22.5 Å². The van der Waals surface area contributed by atoms with Gasteiger partial charge in [0, 0.05) is 33.6 Å². The smallest absolute Gasteiger partial charge is 0.301 e. The van der Waals surface area contributed by atoms with E-state index in [1.54, 1.807) is 12.1 Å². The normalized spacial score (nSPS) is 9.25. The summed E-state index contributed by atoms with van der Waals surface area (Å²) in [5.74, 6) is 2.67. The maximum absolute atomic E-state index is 11.3. The minimum atomic E-state index is -0.373. The summed E-state index contributed by atoms with van der Waals surface area (Å²) < 4.78 is 5.68. The fourth-order valence-corrected chi connectivity index (χ4v) is 1.79. The lowest BCUT2D eigenvalue weighted by atomic mass is 10.2. The van der Waals surface area contributed by atoms with E-state index in [1.165, 1.54) is 0 Å². The zero-order valence-electron chi connectivity index (χ0n) is 10.6. The highest BCUT2D eigenvalue weighted by molar-refractivity contribution is 9.12. The second-order valence-electron chi connectivity index (χ2n) is 3.98. The van der Waals surface area contributed by atoms with Crippen molar-refractivity contribution in [3.8, 4) is 16.5 Å². The van der Waals surface area contributed by atoms with Gasteiger partial charge >= 0.3 is 5.91 Å². The second-order valence-corrected chi connectivity index (χ2v) is 4.37. The number of ether oxygens (including phenoxy) is 1. The molecule has 0 saturated carbocycles. The number of amides is 1. The predicted octanol–water partition coefficient (Wildman–Crippen LogP) is 3.56. The molecule has 2 rings (SSSR count). The molecule has 0 radical (unpaired) electrons. The molecule has 0 heterocycles. The molecule has 0 aliphatic carbocycles. The molecule has 0 fully saturated rings. The zero-order valence-corrected chi connectivity index (χ0v) is 12.2. The van der Waals surface area contributed by atoms with Gasteiger partial charge in [0.25, 0.3) is 0 Å². The average Bonchev–Trinajstić information content (AvgIpc) is 2.47. The number of halogens is 1. The van der Waals surface area contributed by atoms with Crippen molar-refractivity contribution < 1.29 is 9.53 Å². The molecule has 1 amide bonds. The molecule has 0 spiro atoms. The molecule has 1 N–H and O–H groups in total. The van der Waals surface area contributed by atoms with Crippen LogP contribution in [0.2, 0.25) is 0 Å². The fraction of sp³-hybridized carbons (Fsp3) is 0.0625. The Kier molecular flexibility index (Phi) is 5.22. The summed E-state index contributed by atoms with van der Waals surface area (Å²) in [6, 6.07) is 17.1. The van der Waals surface area contributed by atoms with Crippen molar-refractivity contribution in [2.45, 2.75) is 6.61 Å². The molecular weight excluding hydrogens is 318 g/mol. The SMILES string of the molecule is O=C(C#CBr)Nc1cccc(OCc2ccccc2)c1. The van der Waals surface area contributed by atoms with Crippen LogP contribution in [-0.4, -0.2) is 5.91 Å². The first-order valence-electron chi connectivity index (χ1n) is 5.97. The van der Waals surface area contributed by atoms with Crippen LogP contribution in [-0.2, 0) is 11.4 Å². The highest BCUT2D eigenvalue weighted by Gasteiger charge is 2.00. The van der Waals surface area contributed by atoms with Crippen LogP contribution in [0.15, 0.2) is 54.6 Å². The van der Waals surface area contributed by atoms with Crippen molar-refractivity contribution in [3.63, 3.8) is 0 Å². The maximum atomic E-state index is 11.3. The lowest BCUT2D eigenvalue weighted by Crippen LogP contribution is -2.08. The van der Waals surface area contributed by atoms with Crippen LogP contribution >= 0.6 is 15.9 Å². The molecule has 0 unspecified atom stereocenters. The monoisotopic (exact) mass is 329 g/mol. The van der Waals surface area contributed by atoms with Crippen molar-refractivity contribution in [2.75, 3.05) is 5.32 Å². The Morgan fingerprint density at radius 2 is 1.95 bits per heavy atom. The summed E-state index contributed by atoms with van der Waals surface area (Å²) in [6.07, 6.45) is 0. The van der Waals surface area contributed by atoms with E-state index >= 15 is 0 Å². The third-order valence-corrected chi connectivity index (χ3v) is 2.70. The van der Waals surface area contributed by atoms with Crippen LogP contribution in [0.4, 0.5) is 5.69 Å². The van der Waals surface area contributed by atoms with Gasteiger partial charge < -0.3 is 10.1 Å². The van der Waals surface area contributed by atoms with Crippen LogP contribution in [0.3, 0.4) is 0 Å². The molecule has 0 aliphatic rings. The van der Waals surface area contributed by atoms with Gasteiger partial charge in [-0.15, -0.1) is 0 Å². The van der Waals surface area contributed by atoms with Gasteiger partial charge in [0.05, 0.1) is 0 Å². The maximum Gasteiger partial charge on any atom is 0.301 e. The van der Waals surface area contributed by atoms with E-state index < -0.39 is 0 Å². The first-order chi connectivity index (χ1) is 9.78. The zero-order chi connectivity index (χ0) is 14.2. The molecule has 3 nitrogen and oxygen atoms in total. The molecule has 2 aromatic carbocycles. The molecule has 0 bridgehead atoms. The number of hydrogen-bond acceptors (Lipinski definition) is 2. The molecule has 0 aliphatic heterocycles. The van der Waals surface area contributed by atoms with Crippen LogP contribution < -0.4 is 10.1 Å². The highest BCUT2D eigenvalue weighted by atomic mass is 79.9. The topological polar surface area (TPSA) is 38.3 Å². The standard InChI is InChI=1S/C16H12BrNO2/c17-10-9-16(19)18-14-7-4-8-15(11-14)20-12-13-5-2-1-3-6-13/h1-8,11H,12H2,(H,18,19). The van der Waals surface area contributed by atoms with Crippen molar-refractivity contribution in [2.24, 2.45) is 0 Å². The van der Waals surface area contributed by atoms with E-state index in [-0.39, 0.29) is 5.91 Å². The molecule has 2 aromatic rings. The van der Waals surface area contributed by atoms with E-state index in [4.69, 9.17) is 4.74 Å². The van der Waals surface area contributed by atoms with E-state index in [9.17, 15) is 4.79 Å². The van der Waals surface area contributed by atoms with Crippen LogP contribution in [0.1, 0.15) is 5.56 Å². The molecule has 4 heteroatoms. The summed E-state index contributed by atoms with van der Waals surface area (Å²) in [4.78, 5) is 13.7. The summed E-state index contributed by atoms with van der Waals surface area (Å²) in [5.41, 5.74) is 1.74. The first-order valence-corrected chi connectivity index (χ1v) is 6.76. The first kappa shape index (κ1) is 14.2. The number of carbonyl (C=O) groups is 1. The van der Waals surface area contributed by atoms with Gasteiger partial charge in [-0.25, -0.2) is 0 Å². The average molecular weight is 330 g/mol. The Morgan fingerprint density at radius 1 is 1.15 bits per heavy atom. The third-order valence-electron chi connectivity index (χ3n) is 2.50. The molecule has 100 valence electrons. The van der Waals surface area contributed by atoms with Gasteiger partial charge in [0.2, 0.25) is 0 Å². The van der Waals surface area contributed by atoms with E-state index in [0.29, 0.717) is 18.0 Å². The minimum Gasteiger partial charge on any atom is -0.489 e. The van der Waals surface area contributed by atoms with Crippen LogP contribution in [0, 0.1) is 10.8 Å². The summed E-state index contributed by atoms with van der Waals surface area (Å²) in [7, 11) is 0. The Hall–Kier alpha value is -2.25. The van der Waals surface area contributed by atoms with Crippen LogP contribution in [0.5, 0.6) is 5.75 Å². The number of rotatable bonds is 4. The van der Waals surface area contributed by atoms with E-state index in [0.717, 1.165) is 5.56 Å². The third kappa shape index (κ3) is 4.45. The summed E-state index contributed by atoms with van der Waals surface area (Å²) in [6.45, 7) is 0.486. The number of carbonyl (C=O) groups excluding carboxylic acids is 1. The minimum absolute atomic E-state index is 0.373. The van der Waals surface area contributed by atoms with Crippen molar-refractivity contribution in [1.29, 1.82) is 0 Å².